The Morgan fingerprint density at radius 3 is 2.84 bits per heavy atom. The first-order valence-corrected chi connectivity index (χ1v) is 9.63. The first kappa shape index (κ1) is 16.2. The van der Waals surface area contributed by atoms with Crippen molar-refractivity contribution in [3.05, 3.63) is 59.7 Å². The summed E-state index contributed by atoms with van der Waals surface area (Å²) in [7, 11) is 0. The fraction of sp³-hybridized carbons (Fsp3) is 0.300. The van der Waals surface area contributed by atoms with Gasteiger partial charge in [0.05, 0.1) is 11.7 Å². The van der Waals surface area contributed by atoms with E-state index in [4.69, 9.17) is 0 Å². The average Bonchev–Trinajstić information content (AvgIpc) is 3.05. The molecule has 0 unspecified atom stereocenters. The van der Waals surface area contributed by atoms with Crippen molar-refractivity contribution in [2.24, 2.45) is 0 Å². The molecular weight excluding hydrogens is 332 g/mol. The predicted octanol–water partition coefficient (Wildman–Crippen LogP) is 4.10. The molecule has 1 saturated heterocycles. The van der Waals surface area contributed by atoms with E-state index in [1.54, 1.807) is 11.8 Å². The molecule has 0 aromatic heterocycles. The molecular formula is C20H20N2O2S. The van der Waals surface area contributed by atoms with Crippen molar-refractivity contribution in [2.45, 2.75) is 30.2 Å². The topological polar surface area (TPSA) is 49.4 Å². The first-order valence-electron chi connectivity index (χ1n) is 8.65. The lowest BCUT2D eigenvalue weighted by atomic mass is 10.0. The Morgan fingerprint density at radius 2 is 2.00 bits per heavy atom. The van der Waals surface area contributed by atoms with Gasteiger partial charge in [0, 0.05) is 29.2 Å². The number of rotatable bonds is 2. The maximum Gasteiger partial charge on any atom is 0.254 e. The maximum atomic E-state index is 13.1. The van der Waals surface area contributed by atoms with Crippen LogP contribution in [-0.2, 0) is 4.79 Å². The number of nitrogens with zero attached hydrogens (tertiary/aromatic N) is 1. The third kappa shape index (κ3) is 3.29. The molecule has 1 N–H and O–H groups in total. The number of nitrogens with one attached hydrogen (secondary N) is 1. The van der Waals surface area contributed by atoms with Gasteiger partial charge in [0.1, 0.15) is 0 Å². The van der Waals surface area contributed by atoms with E-state index in [9.17, 15) is 9.59 Å². The van der Waals surface area contributed by atoms with Crippen LogP contribution in [0.3, 0.4) is 0 Å². The molecule has 25 heavy (non-hydrogen) atoms. The van der Waals surface area contributed by atoms with Crippen molar-refractivity contribution >= 4 is 29.3 Å². The zero-order valence-electron chi connectivity index (χ0n) is 13.9. The molecule has 0 radical (unpaired) electrons. The Balaban J connectivity index is 1.61. The zero-order valence-corrected chi connectivity index (χ0v) is 14.7. The Morgan fingerprint density at radius 1 is 1.16 bits per heavy atom. The van der Waals surface area contributed by atoms with Crippen molar-refractivity contribution in [3.8, 4) is 0 Å². The number of amides is 2. The minimum absolute atomic E-state index is 0.0131. The van der Waals surface area contributed by atoms with Crippen LogP contribution in [-0.4, -0.2) is 29.0 Å². The van der Waals surface area contributed by atoms with Gasteiger partial charge in [-0.05, 0) is 36.6 Å². The van der Waals surface area contributed by atoms with Gasteiger partial charge in [-0.2, -0.15) is 0 Å². The van der Waals surface area contributed by atoms with Crippen molar-refractivity contribution < 1.29 is 9.59 Å². The maximum absolute atomic E-state index is 13.1. The molecule has 5 heteroatoms. The van der Waals surface area contributed by atoms with Crippen LogP contribution in [0.25, 0.3) is 0 Å². The fourth-order valence-electron chi connectivity index (χ4n) is 3.55. The van der Waals surface area contributed by atoms with Gasteiger partial charge in [-0.1, -0.05) is 30.3 Å². The monoisotopic (exact) mass is 352 g/mol. The quantitative estimate of drug-likeness (QED) is 0.885. The summed E-state index contributed by atoms with van der Waals surface area (Å²) < 4.78 is 0. The summed E-state index contributed by atoms with van der Waals surface area (Å²) in [4.78, 5) is 27.9. The second-order valence-electron chi connectivity index (χ2n) is 6.42. The summed E-state index contributed by atoms with van der Waals surface area (Å²) in [6.07, 6.45) is 2.51. The fourth-order valence-corrected chi connectivity index (χ4v) is 4.49. The van der Waals surface area contributed by atoms with E-state index in [0.29, 0.717) is 12.0 Å². The summed E-state index contributed by atoms with van der Waals surface area (Å²) in [5, 5.41) is 2.92. The van der Waals surface area contributed by atoms with Gasteiger partial charge in [0.2, 0.25) is 5.91 Å². The first-order chi connectivity index (χ1) is 12.2. The molecule has 128 valence electrons. The normalized spacial score (nSPS) is 19.9. The van der Waals surface area contributed by atoms with Crippen LogP contribution < -0.4 is 5.32 Å². The molecule has 2 heterocycles. The number of anilines is 1. The van der Waals surface area contributed by atoms with Gasteiger partial charge in [-0.3, -0.25) is 9.59 Å². The highest BCUT2D eigenvalue weighted by molar-refractivity contribution is 7.99. The molecule has 2 aromatic rings. The van der Waals surface area contributed by atoms with Gasteiger partial charge in [-0.25, -0.2) is 0 Å². The molecule has 0 aliphatic carbocycles. The Labute approximate surface area is 151 Å². The SMILES string of the molecule is O=C1CCSc2ccc(C(=O)N3CCC[C@H]3c3ccccc3)cc2N1. The number of benzene rings is 2. The summed E-state index contributed by atoms with van der Waals surface area (Å²) in [5.41, 5.74) is 2.59. The van der Waals surface area contributed by atoms with Crippen LogP contribution in [0.5, 0.6) is 0 Å². The lowest BCUT2D eigenvalue weighted by Crippen LogP contribution is -2.30. The number of likely N-dealkylation sites (tertiary alicyclic amines) is 1. The third-order valence-corrected chi connectivity index (χ3v) is 5.86. The van der Waals surface area contributed by atoms with Crippen LogP contribution in [0.4, 0.5) is 5.69 Å². The molecule has 1 atom stereocenters. The molecule has 4 nitrogen and oxygen atoms in total. The van der Waals surface area contributed by atoms with E-state index in [2.05, 4.69) is 17.4 Å². The van der Waals surface area contributed by atoms with E-state index in [0.717, 1.165) is 35.7 Å². The second-order valence-corrected chi connectivity index (χ2v) is 7.56. The Kier molecular flexibility index (Phi) is 4.49. The molecule has 2 amide bonds. The van der Waals surface area contributed by atoms with Gasteiger partial charge in [-0.15, -0.1) is 11.8 Å². The Hall–Kier alpha value is -2.27. The lowest BCUT2D eigenvalue weighted by Gasteiger charge is -2.25. The molecule has 2 aliphatic heterocycles. The summed E-state index contributed by atoms with van der Waals surface area (Å²) in [6, 6.07) is 16.0. The second kappa shape index (κ2) is 6.92. The van der Waals surface area contributed by atoms with Crippen LogP contribution in [0.2, 0.25) is 0 Å². The number of hydrogen-bond donors (Lipinski definition) is 1. The van der Waals surface area contributed by atoms with E-state index in [1.165, 1.54) is 5.56 Å². The third-order valence-electron chi connectivity index (χ3n) is 4.79. The van der Waals surface area contributed by atoms with E-state index >= 15 is 0 Å². The smallest absolute Gasteiger partial charge is 0.254 e. The Bertz CT molecular complexity index is 807. The van der Waals surface area contributed by atoms with E-state index in [1.807, 2.05) is 41.3 Å². The van der Waals surface area contributed by atoms with Gasteiger partial charge in [0.25, 0.3) is 5.91 Å². The minimum Gasteiger partial charge on any atom is -0.332 e. The van der Waals surface area contributed by atoms with Crippen molar-refractivity contribution in [1.82, 2.24) is 4.90 Å². The summed E-state index contributed by atoms with van der Waals surface area (Å²) in [6.45, 7) is 0.774. The highest BCUT2D eigenvalue weighted by Gasteiger charge is 2.30. The molecule has 0 spiro atoms. The minimum atomic E-state index is 0.0131. The molecule has 2 aromatic carbocycles. The van der Waals surface area contributed by atoms with Gasteiger partial charge >= 0.3 is 0 Å². The van der Waals surface area contributed by atoms with Crippen molar-refractivity contribution in [3.63, 3.8) is 0 Å². The van der Waals surface area contributed by atoms with Crippen LogP contribution in [0.15, 0.2) is 53.4 Å². The van der Waals surface area contributed by atoms with Crippen LogP contribution in [0, 0.1) is 0 Å². The number of carbonyl (C=O) groups excluding carboxylic acids is 2. The van der Waals surface area contributed by atoms with Crippen LogP contribution in [0.1, 0.15) is 41.2 Å². The molecule has 0 bridgehead atoms. The van der Waals surface area contributed by atoms with Gasteiger partial charge in [0.15, 0.2) is 0 Å². The predicted molar refractivity (Wildman–Crippen MR) is 99.9 cm³/mol. The molecule has 0 saturated carbocycles. The summed E-state index contributed by atoms with van der Waals surface area (Å²) >= 11 is 1.66. The molecule has 2 aliphatic rings. The molecule has 1 fully saturated rings. The lowest BCUT2D eigenvalue weighted by molar-refractivity contribution is -0.115. The number of fused-ring (bicyclic) bond motifs is 1. The largest absolute Gasteiger partial charge is 0.332 e. The van der Waals surface area contributed by atoms with Crippen molar-refractivity contribution in [1.29, 1.82) is 0 Å². The number of hydrogen-bond acceptors (Lipinski definition) is 3. The van der Waals surface area contributed by atoms with Crippen LogP contribution >= 0.6 is 11.8 Å². The summed E-state index contributed by atoms with van der Waals surface area (Å²) in [5.74, 6) is 0.825. The van der Waals surface area contributed by atoms with E-state index in [-0.39, 0.29) is 17.9 Å². The standard InChI is InChI=1S/C20H20N2O2S/c23-19-10-12-25-18-9-8-15(13-16(18)21-19)20(24)22-11-4-7-17(22)14-5-2-1-3-6-14/h1-3,5-6,8-9,13,17H,4,7,10-12H2,(H,21,23)/t17-/m0/s1. The highest BCUT2D eigenvalue weighted by atomic mass is 32.2. The van der Waals surface area contributed by atoms with Crippen molar-refractivity contribution in [2.75, 3.05) is 17.6 Å². The highest BCUT2D eigenvalue weighted by Crippen LogP contribution is 2.35. The number of thioether (sulfide) groups is 1. The number of carbonyl (C=O) groups is 2. The average molecular weight is 352 g/mol. The molecule has 4 rings (SSSR count). The van der Waals surface area contributed by atoms with Gasteiger partial charge < -0.3 is 10.2 Å². The van der Waals surface area contributed by atoms with E-state index < -0.39 is 0 Å². The zero-order chi connectivity index (χ0) is 17.2.